The van der Waals surface area contributed by atoms with Crippen molar-refractivity contribution in [3.8, 4) is 0 Å². The molecule has 16 heteroatoms. The van der Waals surface area contributed by atoms with Crippen LogP contribution in [-0.2, 0) is 28.8 Å². The number of nitrogens with zero attached hydrogens (tertiary/aromatic N) is 3. The van der Waals surface area contributed by atoms with Crippen LogP contribution in [0.25, 0.3) is 0 Å². The molecule has 194 valence electrons. The molecule has 0 aliphatic rings. The van der Waals surface area contributed by atoms with Gasteiger partial charge in [-0.25, -0.2) is 0 Å². The van der Waals surface area contributed by atoms with Gasteiger partial charge in [-0.3, -0.25) is 38.6 Å². The summed E-state index contributed by atoms with van der Waals surface area (Å²) in [6.07, 6.45) is 0. The third-order valence-corrected chi connectivity index (χ3v) is 5.34. The first-order valence-electron chi connectivity index (χ1n) is 9.85. The summed E-state index contributed by atoms with van der Waals surface area (Å²) in [4.78, 5) is 71.5. The Morgan fingerprint density at radius 2 is 1.00 bits per heavy atom. The third kappa shape index (κ3) is 18.0. The number of hydrogen-bond donors (Lipinski definition) is 1. The minimum Gasteiger partial charge on any atom is -0.307 e. The van der Waals surface area contributed by atoms with E-state index in [1.54, 1.807) is 4.90 Å². The molecule has 1 N–H and O–H groups in total. The number of hydrogen-bond acceptors (Lipinski definition) is 9. The van der Waals surface area contributed by atoms with Gasteiger partial charge in [-0.2, -0.15) is 0 Å². The van der Waals surface area contributed by atoms with E-state index in [2.05, 4.69) is 5.32 Å². The van der Waals surface area contributed by atoms with E-state index in [0.717, 1.165) is 0 Å². The summed E-state index contributed by atoms with van der Waals surface area (Å²) in [7, 11) is 0. The Bertz CT molecular complexity index is 724. The summed E-state index contributed by atoms with van der Waals surface area (Å²) in [5.74, 6) is 0. The fourth-order valence-corrected chi connectivity index (χ4v) is 4.27. The van der Waals surface area contributed by atoms with Crippen molar-refractivity contribution in [1.82, 2.24) is 15.1 Å². The molecular formula is C18H25Cl6N4O6+. The minimum absolute atomic E-state index is 0.119. The second-order valence-electron chi connectivity index (χ2n) is 7.40. The number of carbonyl (C=O) groups excluding carboxylic acids is 6. The molecule has 0 atom stereocenters. The molecule has 0 aliphatic carbocycles. The molecule has 0 aliphatic heterocycles. The molecule has 0 rings (SSSR count). The molecule has 0 saturated heterocycles. The summed E-state index contributed by atoms with van der Waals surface area (Å²) in [6.45, 7) is -0.238. The van der Waals surface area contributed by atoms with Crippen LogP contribution in [0.2, 0.25) is 0 Å². The fourth-order valence-electron chi connectivity index (χ4n) is 3.16. The van der Waals surface area contributed by atoms with Crippen LogP contribution < -0.4 is 5.32 Å². The molecule has 0 amide bonds. The van der Waals surface area contributed by atoms with Crippen LogP contribution in [0.4, 0.5) is 0 Å². The van der Waals surface area contributed by atoms with Crippen molar-refractivity contribution in [3.05, 3.63) is 0 Å². The predicted molar refractivity (Wildman–Crippen MR) is 131 cm³/mol. The van der Waals surface area contributed by atoms with Crippen molar-refractivity contribution in [1.29, 1.82) is 0 Å². The number of carbonyl (C=O) groups is 6. The lowest BCUT2D eigenvalue weighted by Crippen LogP contribution is -2.58. The van der Waals surface area contributed by atoms with E-state index in [1.165, 1.54) is 4.90 Å². The van der Waals surface area contributed by atoms with Crippen molar-refractivity contribution < 1.29 is 33.3 Å². The van der Waals surface area contributed by atoms with E-state index in [4.69, 9.17) is 69.6 Å². The van der Waals surface area contributed by atoms with E-state index < -0.39 is 31.5 Å². The zero-order chi connectivity index (χ0) is 26.3. The van der Waals surface area contributed by atoms with Crippen molar-refractivity contribution in [2.24, 2.45) is 0 Å². The molecule has 0 aromatic heterocycles. The molecular weight excluding hydrogens is 581 g/mol. The lowest BCUT2D eigenvalue weighted by Gasteiger charge is -2.38. The molecule has 0 aromatic rings. The number of halogens is 6. The highest BCUT2D eigenvalue weighted by Crippen LogP contribution is 2.11. The SMILES string of the molecule is O=C(Cl)CNCC[N+](CCN(CCN(CC(=O)Cl)CC(=O)Cl)CC(=O)Cl)(CC(=O)Cl)CC(=O)Cl. The first kappa shape index (κ1) is 33.6. The maximum absolute atomic E-state index is 11.7. The molecule has 0 fully saturated rings. The number of rotatable bonds is 21. The Morgan fingerprint density at radius 3 is 1.41 bits per heavy atom. The minimum atomic E-state index is -0.710. The Hall–Kier alpha value is -0.400. The van der Waals surface area contributed by atoms with Gasteiger partial charge < -0.3 is 9.80 Å². The quantitative estimate of drug-likeness (QED) is 0.114. The summed E-state index contributed by atoms with van der Waals surface area (Å²) in [5, 5.41) is -1.30. The van der Waals surface area contributed by atoms with E-state index in [0.29, 0.717) is 0 Å². The lowest BCUT2D eigenvalue weighted by atomic mass is 10.3. The monoisotopic (exact) mass is 603 g/mol. The highest BCUT2D eigenvalue weighted by atomic mass is 35.5. The number of quaternary nitrogens is 1. The first-order valence-corrected chi connectivity index (χ1v) is 12.1. The molecule has 0 bridgehead atoms. The zero-order valence-electron chi connectivity index (χ0n) is 18.0. The van der Waals surface area contributed by atoms with Gasteiger partial charge in [0.1, 0.15) is 0 Å². The van der Waals surface area contributed by atoms with Gasteiger partial charge in [0.25, 0.3) is 10.5 Å². The van der Waals surface area contributed by atoms with Gasteiger partial charge >= 0.3 is 0 Å². The third-order valence-electron chi connectivity index (χ3n) is 4.61. The molecule has 0 unspecified atom stereocenters. The van der Waals surface area contributed by atoms with Crippen molar-refractivity contribution in [2.45, 2.75) is 0 Å². The molecule has 0 aromatic carbocycles. The standard InChI is InChI=1S/C18H25Cl6N4O6/c19-13(29)7-25-1-5-28(11-17(23)33,12-18(24)34)6-4-26(8-14(20)30)2-3-27(9-15(21)31)10-16(22)32/h25H,1-12H2/q+1. The Labute approximate surface area is 227 Å². The highest BCUT2D eigenvalue weighted by Gasteiger charge is 2.33. The molecule has 0 radical (unpaired) electrons. The van der Waals surface area contributed by atoms with Crippen molar-refractivity contribution in [3.63, 3.8) is 0 Å². The largest absolute Gasteiger partial charge is 0.307 e. The normalized spacial score (nSPS) is 11.6. The van der Waals surface area contributed by atoms with Crippen LogP contribution in [0, 0.1) is 0 Å². The molecule has 0 spiro atoms. The maximum Gasteiger partial charge on any atom is 0.276 e. The van der Waals surface area contributed by atoms with Crippen LogP contribution in [0.5, 0.6) is 0 Å². The van der Waals surface area contributed by atoms with Crippen LogP contribution in [0.1, 0.15) is 0 Å². The van der Waals surface area contributed by atoms with E-state index >= 15 is 0 Å². The predicted octanol–water partition coefficient (Wildman–Crippen LogP) is 0.589. The molecule has 34 heavy (non-hydrogen) atoms. The zero-order valence-corrected chi connectivity index (χ0v) is 22.6. The van der Waals surface area contributed by atoms with Crippen LogP contribution in [0.3, 0.4) is 0 Å². The summed E-state index contributed by atoms with van der Waals surface area (Å²) in [6, 6.07) is 0. The lowest BCUT2D eigenvalue weighted by molar-refractivity contribution is -0.910. The van der Waals surface area contributed by atoms with Gasteiger partial charge in [0.15, 0.2) is 13.1 Å². The van der Waals surface area contributed by atoms with Gasteiger partial charge in [-0.1, -0.05) is 0 Å². The van der Waals surface area contributed by atoms with Crippen LogP contribution >= 0.6 is 69.6 Å². The van der Waals surface area contributed by atoms with Crippen LogP contribution in [-0.4, -0.2) is 124 Å². The maximum atomic E-state index is 11.7. The second kappa shape index (κ2) is 17.9. The smallest absolute Gasteiger partial charge is 0.276 e. The average Bonchev–Trinajstić information content (AvgIpc) is 2.64. The van der Waals surface area contributed by atoms with Gasteiger partial charge in [0.2, 0.25) is 21.0 Å². The van der Waals surface area contributed by atoms with Gasteiger partial charge in [0, 0.05) is 26.2 Å². The summed E-state index contributed by atoms with van der Waals surface area (Å²) >= 11 is 32.9. The van der Waals surface area contributed by atoms with Crippen LogP contribution in [0.15, 0.2) is 0 Å². The van der Waals surface area contributed by atoms with Gasteiger partial charge in [-0.15, -0.1) is 0 Å². The molecule has 10 nitrogen and oxygen atoms in total. The van der Waals surface area contributed by atoms with E-state index in [1.807, 2.05) is 0 Å². The average molecular weight is 606 g/mol. The van der Waals surface area contributed by atoms with E-state index in [-0.39, 0.29) is 83.0 Å². The van der Waals surface area contributed by atoms with E-state index in [9.17, 15) is 28.8 Å². The Balaban J connectivity index is 5.48. The Kier molecular flexibility index (Phi) is 17.7. The second-order valence-corrected chi connectivity index (χ2v) is 9.93. The Morgan fingerprint density at radius 1 is 0.559 bits per heavy atom. The molecule has 0 heterocycles. The first-order chi connectivity index (χ1) is 15.7. The molecule has 0 saturated carbocycles. The van der Waals surface area contributed by atoms with Gasteiger partial charge in [0.05, 0.1) is 39.3 Å². The topological polar surface area (TPSA) is 121 Å². The van der Waals surface area contributed by atoms with Crippen molar-refractivity contribution >= 4 is 101 Å². The van der Waals surface area contributed by atoms with Gasteiger partial charge in [-0.05, 0) is 69.6 Å². The number of nitrogens with one attached hydrogen (secondary N) is 1. The fraction of sp³-hybridized carbons (Fsp3) is 0.667. The summed E-state index contributed by atoms with van der Waals surface area (Å²) < 4.78 is -0.162. The van der Waals surface area contributed by atoms with Crippen molar-refractivity contribution in [2.75, 3.05) is 78.5 Å². The summed E-state index contributed by atoms with van der Waals surface area (Å²) in [5.41, 5.74) is 0. The highest BCUT2D eigenvalue weighted by molar-refractivity contribution is 6.65.